The molecule has 2 heterocycles. The number of carbonyl (C=O) groups is 1. The number of carbonyl (C=O) groups excluding carboxylic acids is 1. The molecular weight excluding hydrogens is 314 g/mol. The smallest absolute Gasteiger partial charge is 0.318 e. The van der Waals surface area contributed by atoms with Gasteiger partial charge < -0.3 is 14.8 Å². The fourth-order valence-electron chi connectivity index (χ4n) is 4.05. The zero-order valence-electron chi connectivity index (χ0n) is 14.7. The predicted octanol–water partition coefficient (Wildman–Crippen LogP) is 3.22. The molecule has 0 saturated heterocycles. The van der Waals surface area contributed by atoms with E-state index >= 15 is 0 Å². The summed E-state index contributed by atoms with van der Waals surface area (Å²) in [6.45, 7) is 4.08. The maximum absolute atomic E-state index is 12.6. The number of nitrogens with zero attached hydrogens (tertiary/aromatic N) is 4. The van der Waals surface area contributed by atoms with Crippen LogP contribution < -0.4 is 5.32 Å². The summed E-state index contributed by atoms with van der Waals surface area (Å²) < 4.78 is 2.25. The van der Waals surface area contributed by atoms with Crippen molar-refractivity contribution in [2.24, 2.45) is 0 Å². The van der Waals surface area contributed by atoms with Gasteiger partial charge in [0.05, 0.1) is 6.04 Å². The van der Waals surface area contributed by atoms with E-state index in [9.17, 15) is 4.79 Å². The average Bonchev–Trinajstić information content (AvgIpc) is 3.30. The van der Waals surface area contributed by atoms with Crippen LogP contribution in [0.1, 0.15) is 61.8 Å². The van der Waals surface area contributed by atoms with Crippen LogP contribution in [0.4, 0.5) is 4.79 Å². The van der Waals surface area contributed by atoms with Crippen molar-refractivity contribution < 1.29 is 4.79 Å². The quantitative estimate of drug-likeness (QED) is 0.934. The molecule has 1 aliphatic heterocycles. The Balaban J connectivity index is 1.44. The van der Waals surface area contributed by atoms with Crippen molar-refractivity contribution in [2.45, 2.75) is 57.7 Å². The van der Waals surface area contributed by atoms with Gasteiger partial charge in [-0.15, -0.1) is 10.2 Å². The maximum atomic E-state index is 12.6. The second-order valence-corrected chi connectivity index (χ2v) is 7.06. The lowest BCUT2D eigenvalue weighted by Gasteiger charge is -2.34. The zero-order valence-corrected chi connectivity index (χ0v) is 14.7. The maximum Gasteiger partial charge on any atom is 0.318 e. The van der Waals surface area contributed by atoms with E-state index in [4.69, 9.17) is 0 Å². The molecule has 4 rings (SSSR count). The molecule has 6 heteroatoms. The van der Waals surface area contributed by atoms with E-state index in [1.165, 1.54) is 25.7 Å². The molecule has 1 aliphatic carbocycles. The van der Waals surface area contributed by atoms with Crippen LogP contribution in [0.15, 0.2) is 30.3 Å². The average molecular weight is 339 g/mol. The van der Waals surface area contributed by atoms with Crippen LogP contribution >= 0.6 is 0 Å². The first-order chi connectivity index (χ1) is 12.2. The third-order valence-electron chi connectivity index (χ3n) is 5.48. The SMILES string of the molecule is CC1c2nnc(C3CCCC3)n2CCN1C(=O)NCc1ccccc1. The molecule has 1 aromatic carbocycles. The molecule has 1 unspecified atom stereocenters. The Morgan fingerprint density at radius 3 is 2.60 bits per heavy atom. The summed E-state index contributed by atoms with van der Waals surface area (Å²) in [5.74, 6) is 2.60. The Morgan fingerprint density at radius 1 is 1.12 bits per heavy atom. The van der Waals surface area contributed by atoms with Gasteiger partial charge in [0, 0.05) is 25.6 Å². The first-order valence-corrected chi connectivity index (χ1v) is 9.25. The lowest BCUT2D eigenvalue weighted by atomic mass is 10.1. The molecule has 132 valence electrons. The van der Waals surface area contributed by atoms with Crippen LogP contribution in [0.3, 0.4) is 0 Å². The van der Waals surface area contributed by atoms with Crippen LogP contribution in [0.25, 0.3) is 0 Å². The summed E-state index contributed by atoms with van der Waals surface area (Å²) in [5, 5.41) is 11.9. The van der Waals surface area contributed by atoms with Crippen molar-refractivity contribution in [1.82, 2.24) is 25.0 Å². The summed E-state index contributed by atoms with van der Waals surface area (Å²) in [6.07, 6.45) is 5.01. The molecule has 25 heavy (non-hydrogen) atoms. The molecule has 1 aromatic heterocycles. The van der Waals surface area contributed by atoms with Gasteiger partial charge in [0.1, 0.15) is 5.82 Å². The molecule has 1 saturated carbocycles. The van der Waals surface area contributed by atoms with E-state index in [0.717, 1.165) is 23.8 Å². The molecule has 1 fully saturated rings. The number of urea groups is 1. The number of aromatic nitrogens is 3. The van der Waals surface area contributed by atoms with E-state index in [0.29, 0.717) is 19.0 Å². The molecule has 2 aromatic rings. The van der Waals surface area contributed by atoms with Crippen LogP contribution in [-0.4, -0.2) is 32.2 Å². The normalized spacial score (nSPS) is 20.5. The number of rotatable bonds is 3. The minimum Gasteiger partial charge on any atom is -0.334 e. The van der Waals surface area contributed by atoms with E-state index < -0.39 is 0 Å². The van der Waals surface area contributed by atoms with Gasteiger partial charge in [0.15, 0.2) is 5.82 Å². The van der Waals surface area contributed by atoms with E-state index in [-0.39, 0.29) is 12.1 Å². The van der Waals surface area contributed by atoms with Gasteiger partial charge in [-0.05, 0) is 25.3 Å². The van der Waals surface area contributed by atoms with Crippen molar-refractivity contribution in [3.05, 3.63) is 47.5 Å². The van der Waals surface area contributed by atoms with Gasteiger partial charge in [0.2, 0.25) is 0 Å². The van der Waals surface area contributed by atoms with Crippen LogP contribution in [-0.2, 0) is 13.1 Å². The number of fused-ring (bicyclic) bond motifs is 1. The van der Waals surface area contributed by atoms with Crippen LogP contribution in [0.2, 0.25) is 0 Å². The lowest BCUT2D eigenvalue weighted by Crippen LogP contribution is -2.46. The Labute approximate surface area is 148 Å². The Morgan fingerprint density at radius 2 is 1.84 bits per heavy atom. The Hall–Kier alpha value is -2.37. The number of amides is 2. The van der Waals surface area contributed by atoms with Crippen LogP contribution in [0.5, 0.6) is 0 Å². The minimum atomic E-state index is -0.0489. The number of hydrogen-bond acceptors (Lipinski definition) is 3. The first kappa shape index (κ1) is 16.1. The highest BCUT2D eigenvalue weighted by molar-refractivity contribution is 5.74. The molecule has 0 spiro atoms. The minimum absolute atomic E-state index is 0.0342. The summed E-state index contributed by atoms with van der Waals surface area (Å²) in [4.78, 5) is 14.5. The molecule has 1 N–H and O–H groups in total. The summed E-state index contributed by atoms with van der Waals surface area (Å²) in [6, 6.07) is 9.90. The van der Waals surface area contributed by atoms with Gasteiger partial charge in [0.25, 0.3) is 0 Å². The summed E-state index contributed by atoms with van der Waals surface area (Å²) in [7, 11) is 0. The molecule has 0 bridgehead atoms. The van der Waals surface area contributed by atoms with Crippen LogP contribution in [0, 0.1) is 0 Å². The van der Waals surface area contributed by atoms with Crippen molar-refractivity contribution >= 4 is 6.03 Å². The molecule has 2 aliphatic rings. The topological polar surface area (TPSA) is 63.1 Å². The van der Waals surface area contributed by atoms with Crippen molar-refractivity contribution in [2.75, 3.05) is 6.54 Å². The molecule has 2 amide bonds. The largest absolute Gasteiger partial charge is 0.334 e. The molecular formula is C19H25N5O. The Bertz CT molecular complexity index is 736. The molecule has 6 nitrogen and oxygen atoms in total. The third kappa shape index (κ3) is 3.13. The fourth-order valence-corrected chi connectivity index (χ4v) is 4.05. The van der Waals surface area contributed by atoms with Gasteiger partial charge in [-0.2, -0.15) is 0 Å². The fraction of sp³-hybridized carbons (Fsp3) is 0.526. The second-order valence-electron chi connectivity index (χ2n) is 7.06. The zero-order chi connectivity index (χ0) is 17.2. The van der Waals surface area contributed by atoms with Crippen molar-refractivity contribution in [3.63, 3.8) is 0 Å². The Kier molecular flexibility index (Phi) is 4.42. The van der Waals surface area contributed by atoms with Gasteiger partial charge in [-0.1, -0.05) is 43.2 Å². The number of hydrogen-bond donors (Lipinski definition) is 1. The van der Waals surface area contributed by atoms with Gasteiger partial charge in [-0.3, -0.25) is 0 Å². The predicted molar refractivity (Wildman–Crippen MR) is 95.0 cm³/mol. The third-order valence-corrected chi connectivity index (χ3v) is 5.48. The molecule has 1 atom stereocenters. The molecule has 0 radical (unpaired) electrons. The van der Waals surface area contributed by atoms with Gasteiger partial charge >= 0.3 is 6.03 Å². The number of benzene rings is 1. The van der Waals surface area contributed by atoms with E-state index in [1.54, 1.807) is 0 Å². The standard InChI is InChI=1S/C19H25N5O/c1-14-17-21-22-18(16-9-5-6-10-16)24(17)12-11-23(14)19(25)20-13-15-7-3-2-4-8-15/h2-4,7-8,14,16H,5-6,9-13H2,1H3,(H,20,25). The monoisotopic (exact) mass is 339 g/mol. The van der Waals surface area contributed by atoms with E-state index in [1.807, 2.05) is 42.2 Å². The lowest BCUT2D eigenvalue weighted by molar-refractivity contribution is 0.158. The van der Waals surface area contributed by atoms with E-state index in [2.05, 4.69) is 20.1 Å². The highest BCUT2D eigenvalue weighted by Crippen LogP contribution is 2.35. The first-order valence-electron chi connectivity index (χ1n) is 9.25. The summed E-state index contributed by atoms with van der Waals surface area (Å²) >= 11 is 0. The highest BCUT2D eigenvalue weighted by Gasteiger charge is 2.33. The van der Waals surface area contributed by atoms with Gasteiger partial charge in [-0.25, -0.2) is 4.79 Å². The number of nitrogens with one attached hydrogen (secondary N) is 1. The second kappa shape index (κ2) is 6.86. The van der Waals surface area contributed by atoms with Crippen molar-refractivity contribution in [1.29, 1.82) is 0 Å². The van der Waals surface area contributed by atoms with Crippen molar-refractivity contribution in [3.8, 4) is 0 Å². The highest BCUT2D eigenvalue weighted by atomic mass is 16.2. The summed E-state index contributed by atoms with van der Waals surface area (Å²) in [5.41, 5.74) is 1.10.